The molecule has 1 unspecified atom stereocenters. The average molecular weight is 272 g/mol. The number of nitrogens with two attached hydrogens (primary N) is 1. The van der Waals surface area contributed by atoms with E-state index < -0.39 is 5.91 Å². The Morgan fingerprint density at radius 1 is 1.15 bits per heavy atom. The molecule has 0 aliphatic rings. The topological polar surface area (TPSA) is 55.1 Å². The van der Waals surface area contributed by atoms with Gasteiger partial charge in [-0.3, -0.25) is 4.79 Å². The van der Waals surface area contributed by atoms with Crippen LogP contribution in [0.25, 0.3) is 0 Å². The van der Waals surface area contributed by atoms with Gasteiger partial charge in [0.25, 0.3) is 0 Å². The van der Waals surface area contributed by atoms with Gasteiger partial charge in [-0.1, -0.05) is 12.1 Å². The fraction of sp³-hybridized carbons (Fsp3) is 0.188. The molecule has 2 aromatic carbocycles. The van der Waals surface area contributed by atoms with Crippen molar-refractivity contribution in [1.82, 2.24) is 0 Å². The largest absolute Gasteiger partial charge is 0.382 e. The normalized spacial score (nSPS) is 11.9. The molecule has 0 heterocycles. The van der Waals surface area contributed by atoms with Gasteiger partial charge in [-0.2, -0.15) is 0 Å². The second kappa shape index (κ2) is 6.19. The predicted octanol–water partition coefficient (Wildman–Crippen LogP) is 2.97. The second-order valence-corrected chi connectivity index (χ2v) is 4.82. The highest BCUT2D eigenvalue weighted by molar-refractivity contribution is 5.93. The summed E-state index contributed by atoms with van der Waals surface area (Å²) in [6, 6.07) is 13.7. The van der Waals surface area contributed by atoms with Gasteiger partial charge in [0.05, 0.1) is 0 Å². The van der Waals surface area contributed by atoms with Crippen molar-refractivity contribution < 1.29 is 9.18 Å². The number of benzene rings is 2. The summed E-state index contributed by atoms with van der Waals surface area (Å²) in [4.78, 5) is 11.0. The molecular weight excluding hydrogens is 255 g/mol. The van der Waals surface area contributed by atoms with Crippen molar-refractivity contribution in [2.45, 2.75) is 19.4 Å². The van der Waals surface area contributed by atoms with E-state index in [4.69, 9.17) is 5.73 Å². The summed E-state index contributed by atoms with van der Waals surface area (Å²) in [5, 5.41) is 3.33. The van der Waals surface area contributed by atoms with Crippen molar-refractivity contribution in [3.05, 3.63) is 65.5 Å². The predicted molar refractivity (Wildman–Crippen MR) is 78.1 cm³/mol. The van der Waals surface area contributed by atoms with Crippen LogP contribution in [0.2, 0.25) is 0 Å². The third-order valence-electron chi connectivity index (χ3n) is 3.04. The average Bonchev–Trinajstić information content (AvgIpc) is 2.42. The van der Waals surface area contributed by atoms with E-state index in [0.29, 0.717) is 5.56 Å². The van der Waals surface area contributed by atoms with E-state index in [9.17, 15) is 9.18 Å². The van der Waals surface area contributed by atoms with E-state index in [1.165, 1.54) is 12.1 Å². The molecule has 0 aliphatic carbocycles. The lowest BCUT2D eigenvalue weighted by Gasteiger charge is -2.15. The third-order valence-corrected chi connectivity index (χ3v) is 3.04. The van der Waals surface area contributed by atoms with Gasteiger partial charge >= 0.3 is 0 Å². The van der Waals surface area contributed by atoms with Crippen LogP contribution in [0.4, 0.5) is 10.1 Å². The first kappa shape index (κ1) is 14.1. The summed E-state index contributed by atoms with van der Waals surface area (Å²) < 4.78 is 12.8. The van der Waals surface area contributed by atoms with Crippen LogP contribution in [0.1, 0.15) is 22.8 Å². The minimum absolute atomic E-state index is 0.194. The molecule has 0 aliphatic heterocycles. The minimum Gasteiger partial charge on any atom is -0.382 e. The van der Waals surface area contributed by atoms with Crippen LogP contribution in [-0.2, 0) is 6.42 Å². The molecule has 1 atom stereocenters. The maximum absolute atomic E-state index is 12.8. The van der Waals surface area contributed by atoms with Gasteiger partial charge in [0.1, 0.15) is 5.82 Å². The molecule has 104 valence electrons. The molecule has 3 N–H and O–H groups in total. The van der Waals surface area contributed by atoms with E-state index in [-0.39, 0.29) is 11.9 Å². The van der Waals surface area contributed by atoms with Crippen molar-refractivity contribution in [2.75, 3.05) is 5.32 Å². The maximum atomic E-state index is 12.8. The smallest absolute Gasteiger partial charge is 0.248 e. The highest BCUT2D eigenvalue weighted by Crippen LogP contribution is 2.13. The number of rotatable bonds is 5. The van der Waals surface area contributed by atoms with Crippen LogP contribution in [-0.4, -0.2) is 11.9 Å². The van der Waals surface area contributed by atoms with Gasteiger partial charge in [0.15, 0.2) is 0 Å². The van der Waals surface area contributed by atoms with Gasteiger partial charge in [-0.05, 0) is 55.3 Å². The second-order valence-electron chi connectivity index (χ2n) is 4.82. The highest BCUT2D eigenvalue weighted by atomic mass is 19.1. The molecule has 0 bridgehead atoms. The number of hydrogen-bond donors (Lipinski definition) is 2. The summed E-state index contributed by atoms with van der Waals surface area (Å²) in [7, 11) is 0. The number of nitrogens with one attached hydrogen (secondary N) is 1. The van der Waals surface area contributed by atoms with Crippen LogP contribution < -0.4 is 11.1 Å². The van der Waals surface area contributed by atoms with Crippen molar-refractivity contribution in [3.63, 3.8) is 0 Å². The monoisotopic (exact) mass is 272 g/mol. The van der Waals surface area contributed by atoms with Crippen LogP contribution in [0.5, 0.6) is 0 Å². The summed E-state index contributed by atoms with van der Waals surface area (Å²) in [6.45, 7) is 2.05. The third kappa shape index (κ3) is 3.82. The molecule has 0 radical (unpaired) electrons. The quantitative estimate of drug-likeness (QED) is 0.879. The molecule has 4 heteroatoms. The summed E-state index contributed by atoms with van der Waals surface area (Å²) in [5.74, 6) is -0.660. The Kier molecular flexibility index (Phi) is 4.35. The van der Waals surface area contributed by atoms with E-state index in [1.54, 1.807) is 24.3 Å². The van der Waals surface area contributed by atoms with Gasteiger partial charge in [0.2, 0.25) is 5.91 Å². The molecule has 3 nitrogen and oxygen atoms in total. The fourth-order valence-corrected chi connectivity index (χ4v) is 2.04. The molecule has 0 saturated carbocycles. The highest BCUT2D eigenvalue weighted by Gasteiger charge is 2.05. The molecule has 0 fully saturated rings. The molecule has 0 aromatic heterocycles. The Hall–Kier alpha value is -2.36. The molecular formula is C16H17FN2O. The number of carbonyl (C=O) groups is 1. The standard InChI is InChI=1S/C16H17FN2O/c1-11(10-12-2-6-14(17)7-3-12)19-15-8-4-13(5-9-15)16(18)20/h2-9,11,19H,10H2,1H3,(H2,18,20). The van der Waals surface area contributed by atoms with Crippen LogP contribution in [0.15, 0.2) is 48.5 Å². The molecule has 2 rings (SSSR count). The van der Waals surface area contributed by atoms with Crippen LogP contribution in [0, 0.1) is 5.82 Å². The number of anilines is 1. The zero-order valence-corrected chi connectivity index (χ0v) is 11.3. The summed E-state index contributed by atoms with van der Waals surface area (Å²) >= 11 is 0. The number of halogens is 1. The van der Waals surface area contributed by atoms with Gasteiger partial charge in [-0.15, -0.1) is 0 Å². The Morgan fingerprint density at radius 2 is 1.75 bits per heavy atom. The van der Waals surface area contributed by atoms with E-state index >= 15 is 0 Å². The Bertz CT molecular complexity index is 578. The number of amides is 1. The van der Waals surface area contributed by atoms with Gasteiger partial charge in [0, 0.05) is 17.3 Å². The van der Waals surface area contributed by atoms with Crippen LogP contribution >= 0.6 is 0 Å². The van der Waals surface area contributed by atoms with Gasteiger partial charge < -0.3 is 11.1 Å². The van der Waals surface area contributed by atoms with Crippen molar-refractivity contribution >= 4 is 11.6 Å². The lowest BCUT2D eigenvalue weighted by molar-refractivity contribution is 0.100. The maximum Gasteiger partial charge on any atom is 0.248 e. The SMILES string of the molecule is CC(Cc1ccc(F)cc1)Nc1ccc(C(N)=O)cc1. The molecule has 1 amide bonds. The zero-order chi connectivity index (χ0) is 14.5. The summed E-state index contributed by atoms with van der Waals surface area (Å²) in [6.07, 6.45) is 0.790. The molecule has 0 saturated heterocycles. The molecule has 2 aromatic rings. The lowest BCUT2D eigenvalue weighted by atomic mass is 10.1. The minimum atomic E-state index is -0.434. The number of carbonyl (C=O) groups excluding carboxylic acids is 1. The van der Waals surface area contributed by atoms with Crippen molar-refractivity contribution in [1.29, 1.82) is 0 Å². The molecule has 20 heavy (non-hydrogen) atoms. The summed E-state index contributed by atoms with van der Waals surface area (Å²) in [5.41, 5.74) is 7.67. The van der Waals surface area contributed by atoms with Crippen LogP contribution in [0.3, 0.4) is 0 Å². The van der Waals surface area contributed by atoms with E-state index in [0.717, 1.165) is 17.7 Å². The van der Waals surface area contributed by atoms with E-state index in [2.05, 4.69) is 5.32 Å². The first-order valence-electron chi connectivity index (χ1n) is 6.45. The molecule has 0 spiro atoms. The van der Waals surface area contributed by atoms with E-state index in [1.807, 2.05) is 19.1 Å². The van der Waals surface area contributed by atoms with Crippen molar-refractivity contribution in [3.8, 4) is 0 Å². The number of hydrogen-bond acceptors (Lipinski definition) is 2. The Balaban J connectivity index is 1.95. The van der Waals surface area contributed by atoms with Crippen molar-refractivity contribution in [2.24, 2.45) is 5.73 Å². The lowest BCUT2D eigenvalue weighted by Crippen LogP contribution is -2.18. The Labute approximate surface area is 117 Å². The first-order chi connectivity index (χ1) is 9.54. The fourth-order valence-electron chi connectivity index (χ4n) is 2.04. The van der Waals surface area contributed by atoms with Gasteiger partial charge in [-0.25, -0.2) is 4.39 Å². The zero-order valence-electron chi connectivity index (χ0n) is 11.3. The Morgan fingerprint density at radius 3 is 2.30 bits per heavy atom. The first-order valence-corrected chi connectivity index (χ1v) is 6.45. The number of primary amides is 1.